The maximum atomic E-state index is 15.0. The largest absolute Gasteiger partial charge is 0.385 e. The molecule has 5 rings (SSSR count). The molecule has 0 spiro atoms. The van der Waals surface area contributed by atoms with Crippen molar-refractivity contribution in [2.75, 3.05) is 33.4 Å². The summed E-state index contributed by atoms with van der Waals surface area (Å²) in [6.07, 6.45) is 8.36. The van der Waals surface area contributed by atoms with Crippen molar-refractivity contribution in [3.63, 3.8) is 0 Å². The topological polar surface area (TPSA) is 50.3 Å². The first-order chi connectivity index (χ1) is 19.0. The van der Waals surface area contributed by atoms with Crippen LogP contribution < -0.4 is 5.56 Å². The second-order valence-corrected chi connectivity index (χ2v) is 10.9. The van der Waals surface area contributed by atoms with E-state index in [0.717, 1.165) is 73.9 Å². The zero-order valence-electron chi connectivity index (χ0n) is 23.2. The lowest BCUT2D eigenvalue weighted by molar-refractivity contribution is 0.187. The summed E-state index contributed by atoms with van der Waals surface area (Å²) in [6, 6.07) is 17.6. The van der Waals surface area contributed by atoms with Crippen LogP contribution in [0, 0.1) is 12.7 Å². The Hall–Kier alpha value is -3.22. The molecular weight excluding hydrogens is 489 g/mol. The number of methoxy groups -OCH3 is 1. The number of fused-ring (bicyclic) bond motifs is 1. The standard InChI is InChI=1S/C33H40FN3O2/c1-24-29-10-5-11-30(34)33(29)37(20-7-21-39-2)32(24)28-9-6-19-36(23-28)18-4-3-8-25-12-14-26(15-13-25)27-16-17-31(38)35-22-27/h5,10-17,22,28H,3-4,6-9,18-21,23H2,1-2H3,(H,35,38). The van der Waals surface area contributed by atoms with Crippen molar-refractivity contribution in [3.8, 4) is 11.1 Å². The third-order valence-electron chi connectivity index (χ3n) is 8.22. The lowest BCUT2D eigenvalue weighted by Crippen LogP contribution is -2.36. The minimum atomic E-state index is -0.126. The fraction of sp³-hybridized carbons (Fsp3) is 0.424. The summed E-state index contributed by atoms with van der Waals surface area (Å²) in [4.78, 5) is 16.7. The summed E-state index contributed by atoms with van der Waals surface area (Å²) >= 11 is 0. The number of rotatable bonds is 11. The van der Waals surface area contributed by atoms with E-state index in [0.29, 0.717) is 12.5 Å². The number of unbranched alkanes of at least 4 members (excludes halogenated alkanes) is 1. The molecule has 3 heterocycles. The molecule has 2 aromatic carbocycles. The van der Waals surface area contributed by atoms with Gasteiger partial charge in [-0.05, 0) is 92.9 Å². The van der Waals surface area contributed by atoms with Crippen molar-refractivity contribution >= 4 is 10.9 Å². The molecule has 0 saturated carbocycles. The summed E-state index contributed by atoms with van der Waals surface area (Å²) < 4.78 is 22.5. The molecule has 6 heteroatoms. The number of hydrogen-bond acceptors (Lipinski definition) is 3. The fourth-order valence-electron chi connectivity index (χ4n) is 6.28. The molecule has 0 amide bonds. The SMILES string of the molecule is COCCCn1c(C2CCCN(CCCCc3ccc(-c4ccc(=O)[nH]c4)cc3)C2)c(C)c2cccc(F)c21. The number of aryl methyl sites for hydroxylation is 3. The maximum Gasteiger partial charge on any atom is 0.247 e. The molecule has 1 aliphatic heterocycles. The second kappa shape index (κ2) is 12.8. The number of ether oxygens (including phenoxy) is 1. The lowest BCUT2D eigenvalue weighted by atomic mass is 9.91. The van der Waals surface area contributed by atoms with Gasteiger partial charge >= 0.3 is 0 Å². The van der Waals surface area contributed by atoms with Crippen LogP contribution in [-0.2, 0) is 17.7 Å². The number of pyridine rings is 1. The molecule has 0 bridgehead atoms. The van der Waals surface area contributed by atoms with Crippen LogP contribution in [0.5, 0.6) is 0 Å². The molecule has 1 N–H and O–H groups in total. The van der Waals surface area contributed by atoms with E-state index in [1.165, 1.54) is 29.7 Å². The van der Waals surface area contributed by atoms with Gasteiger partial charge < -0.3 is 19.2 Å². The van der Waals surface area contributed by atoms with E-state index in [1.54, 1.807) is 25.4 Å². The molecule has 2 aromatic heterocycles. The fourth-order valence-corrected chi connectivity index (χ4v) is 6.28. The van der Waals surface area contributed by atoms with E-state index in [9.17, 15) is 9.18 Å². The van der Waals surface area contributed by atoms with Crippen molar-refractivity contribution in [1.29, 1.82) is 0 Å². The second-order valence-electron chi connectivity index (χ2n) is 10.9. The number of H-pyrrole nitrogens is 1. The van der Waals surface area contributed by atoms with Crippen molar-refractivity contribution in [2.45, 2.75) is 57.9 Å². The Labute approximate surface area is 230 Å². The molecule has 1 fully saturated rings. The number of aromatic amines is 1. The molecule has 4 aromatic rings. The van der Waals surface area contributed by atoms with E-state index >= 15 is 0 Å². The molecule has 206 valence electrons. The van der Waals surface area contributed by atoms with Crippen LogP contribution in [-0.4, -0.2) is 47.8 Å². The van der Waals surface area contributed by atoms with Gasteiger partial charge in [-0.2, -0.15) is 0 Å². The Morgan fingerprint density at radius 3 is 2.59 bits per heavy atom. The van der Waals surface area contributed by atoms with Gasteiger partial charge in [-0.1, -0.05) is 36.4 Å². The number of hydrogen-bond donors (Lipinski definition) is 1. The van der Waals surface area contributed by atoms with Gasteiger partial charge in [0.15, 0.2) is 0 Å². The van der Waals surface area contributed by atoms with Crippen molar-refractivity contribution < 1.29 is 9.13 Å². The predicted molar refractivity (Wildman–Crippen MR) is 157 cm³/mol. The van der Waals surface area contributed by atoms with E-state index < -0.39 is 0 Å². The van der Waals surface area contributed by atoms with Gasteiger partial charge in [-0.3, -0.25) is 4.79 Å². The van der Waals surface area contributed by atoms with Gasteiger partial charge in [0.1, 0.15) is 5.82 Å². The first kappa shape index (κ1) is 27.4. The Morgan fingerprint density at radius 2 is 1.82 bits per heavy atom. The molecule has 0 aliphatic carbocycles. The van der Waals surface area contributed by atoms with Gasteiger partial charge in [0.25, 0.3) is 0 Å². The molecule has 39 heavy (non-hydrogen) atoms. The normalized spacial score (nSPS) is 16.2. The summed E-state index contributed by atoms with van der Waals surface area (Å²) in [5, 5.41) is 1.05. The maximum absolute atomic E-state index is 15.0. The monoisotopic (exact) mass is 529 g/mol. The summed E-state index contributed by atoms with van der Waals surface area (Å²) in [6.45, 7) is 6.92. The zero-order valence-corrected chi connectivity index (χ0v) is 23.2. The molecule has 1 unspecified atom stereocenters. The smallest absolute Gasteiger partial charge is 0.247 e. The van der Waals surface area contributed by atoms with Crippen LogP contribution in [0.1, 0.15) is 54.8 Å². The van der Waals surface area contributed by atoms with Gasteiger partial charge in [-0.25, -0.2) is 4.39 Å². The molecule has 1 atom stereocenters. The third-order valence-corrected chi connectivity index (χ3v) is 8.22. The highest BCUT2D eigenvalue weighted by Gasteiger charge is 2.27. The van der Waals surface area contributed by atoms with Gasteiger partial charge in [0, 0.05) is 56.1 Å². The molecule has 1 saturated heterocycles. The van der Waals surface area contributed by atoms with Crippen LogP contribution in [0.4, 0.5) is 4.39 Å². The highest BCUT2D eigenvalue weighted by Crippen LogP contribution is 2.36. The first-order valence-corrected chi connectivity index (χ1v) is 14.3. The number of para-hydroxylation sites is 1. The summed E-state index contributed by atoms with van der Waals surface area (Å²) in [7, 11) is 1.73. The predicted octanol–water partition coefficient (Wildman–Crippen LogP) is 6.68. The van der Waals surface area contributed by atoms with Crippen LogP contribution in [0.15, 0.2) is 65.6 Å². The minimum absolute atomic E-state index is 0.0797. The quantitative estimate of drug-likeness (QED) is 0.221. The van der Waals surface area contributed by atoms with E-state index in [4.69, 9.17) is 4.74 Å². The van der Waals surface area contributed by atoms with Crippen LogP contribution in [0.2, 0.25) is 0 Å². The Bertz CT molecular complexity index is 1420. The number of halogens is 1. The van der Waals surface area contributed by atoms with Crippen molar-refractivity contribution in [1.82, 2.24) is 14.5 Å². The molecule has 5 nitrogen and oxygen atoms in total. The third kappa shape index (κ3) is 6.34. The number of nitrogens with one attached hydrogen (secondary N) is 1. The highest BCUT2D eigenvalue weighted by molar-refractivity contribution is 5.86. The summed E-state index contributed by atoms with van der Waals surface area (Å²) in [5.74, 6) is 0.298. The van der Waals surface area contributed by atoms with E-state index in [-0.39, 0.29) is 11.4 Å². The van der Waals surface area contributed by atoms with Crippen LogP contribution in [0.3, 0.4) is 0 Å². The van der Waals surface area contributed by atoms with Crippen LogP contribution in [0.25, 0.3) is 22.0 Å². The molecule has 1 aliphatic rings. The lowest BCUT2D eigenvalue weighted by Gasteiger charge is -2.34. The van der Waals surface area contributed by atoms with Crippen molar-refractivity contribution in [3.05, 3.63) is 93.8 Å². The number of nitrogens with zero attached hydrogens (tertiary/aromatic N) is 2. The Kier molecular flexibility index (Phi) is 8.95. The van der Waals surface area contributed by atoms with E-state index in [2.05, 4.69) is 51.7 Å². The minimum Gasteiger partial charge on any atom is -0.385 e. The average molecular weight is 530 g/mol. The first-order valence-electron chi connectivity index (χ1n) is 14.3. The van der Waals surface area contributed by atoms with Gasteiger partial charge in [-0.15, -0.1) is 0 Å². The average Bonchev–Trinajstić information content (AvgIpc) is 3.24. The Balaban J connectivity index is 1.19. The number of aromatic nitrogens is 2. The van der Waals surface area contributed by atoms with E-state index in [1.807, 2.05) is 12.1 Å². The Morgan fingerprint density at radius 1 is 1.00 bits per heavy atom. The number of likely N-dealkylation sites (tertiary alicyclic amines) is 1. The number of benzene rings is 2. The van der Waals surface area contributed by atoms with Crippen LogP contribution >= 0.6 is 0 Å². The van der Waals surface area contributed by atoms with Crippen molar-refractivity contribution in [2.24, 2.45) is 0 Å². The molecule has 0 radical (unpaired) electrons. The molecular formula is C33H40FN3O2. The highest BCUT2D eigenvalue weighted by atomic mass is 19.1. The van der Waals surface area contributed by atoms with Gasteiger partial charge in [0.2, 0.25) is 5.56 Å². The number of piperidine rings is 1. The summed E-state index contributed by atoms with van der Waals surface area (Å²) in [5.41, 5.74) is 6.71. The zero-order chi connectivity index (χ0) is 27.2. The van der Waals surface area contributed by atoms with Gasteiger partial charge in [0.05, 0.1) is 5.52 Å².